The molecule has 0 aliphatic rings. The molecule has 0 radical (unpaired) electrons. The Bertz CT molecular complexity index is 551. The van der Waals surface area contributed by atoms with Crippen molar-refractivity contribution in [3.05, 3.63) is 58.6 Å². The van der Waals surface area contributed by atoms with Gasteiger partial charge in [-0.05, 0) is 43.7 Å². The first-order chi connectivity index (χ1) is 9.15. The summed E-state index contributed by atoms with van der Waals surface area (Å²) in [4.78, 5) is 2.19. The number of hydrogen-bond donors (Lipinski definition) is 1. The number of nitrogens with zero attached hydrogens (tertiary/aromatic N) is 1. The highest BCUT2D eigenvalue weighted by atomic mass is 35.5. The predicted molar refractivity (Wildman–Crippen MR) is 81.2 cm³/mol. The first kappa shape index (κ1) is 13.9. The van der Waals surface area contributed by atoms with Crippen molar-refractivity contribution in [2.75, 3.05) is 11.4 Å². The zero-order valence-corrected chi connectivity index (χ0v) is 12.0. The number of anilines is 2. The highest BCUT2D eigenvalue weighted by Crippen LogP contribution is 2.29. The van der Waals surface area contributed by atoms with Gasteiger partial charge in [0, 0.05) is 22.9 Å². The average molecular weight is 276 g/mol. The summed E-state index contributed by atoms with van der Waals surface area (Å²) in [6.07, 6.45) is 0. The standard InChI is InChI=1S/C16H18ClNO/c1-3-18(14-7-4-12(2)5-8-14)15-9-6-13(11-19)16(17)10-15/h4-10,19H,3,11H2,1-2H3. The van der Waals surface area contributed by atoms with Gasteiger partial charge >= 0.3 is 0 Å². The normalized spacial score (nSPS) is 10.5. The molecule has 0 heterocycles. The summed E-state index contributed by atoms with van der Waals surface area (Å²) in [6.45, 7) is 5.01. The lowest BCUT2D eigenvalue weighted by molar-refractivity contribution is 0.282. The van der Waals surface area contributed by atoms with Crippen LogP contribution in [-0.2, 0) is 6.61 Å². The zero-order valence-electron chi connectivity index (χ0n) is 11.2. The maximum absolute atomic E-state index is 9.15. The van der Waals surface area contributed by atoms with E-state index in [0.717, 1.165) is 23.5 Å². The van der Waals surface area contributed by atoms with Crippen LogP contribution in [0.15, 0.2) is 42.5 Å². The van der Waals surface area contributed by atoms with Crippen molar-refractivity contribution in [3.8, 4) is 0 Å². The lowest BCUT2D eigenvalue weighted by atomic mass is 10.1. The summed E-state index contributed by atoms with van der Waals surface area (Å²) in [5, 5.41) is 9.76. The monoisotopic (exact) mass is 275 g/mol. The molecule has 2 aromatic rings. The van der Waals surface area contributed by atoms with E-state index < -0.39 is 0 Å². The Morgan fingerprint density at radius 2 is 1.68 bits per heavy atom. The van der Waals surface area contributed by atoms with Gasteiger partial charge in [0.2, 0.25) is 0 Å². The second kappa shape index (κ2) is 6.09. The molecule has 0 fully saturated rings. The average Bonchev–Trinajstić information content (AvgIpc) is 2.42. The third kappa shape index (κ3) is 3.09. The fourth-order valence-electron chi connectivity index (χ4n) is 2.07. The van der Waals surface area contributed by atoms with Crippen LogP contribution in [0.5, 0.6) is 0 Å². The van der Waals surface area contributed by atoms with Crippen LogP contribution < -0.4 is 4.90 Å². The summed E-state index contributed by atoms with van der Waals surface area (Å²) >= 11 is 6.16. The van der Waals surface area contributed by atoms with Crippen LogP contribution in [0.2, 0.25) is 5.02 Å². The minimum absolute atomic E-state index is 0.0320. The SMILES string of the molecule is CCN(c1ccc(C)cc1)c1ccc(CO)c(Cl)c1. The Hall–Kier alpha value is -1.51. The Labute approximate surface area is 119 Å². The van der Waals surface area contributed by atoms with Crippen LogP contribution in [0.1, 0.15) is 18.1 Å². The molecular formula is C16H18ClNO. The molecule has 2 nitrogen and oxygen atoms in total. The summed E-state index contributed by atoms with van der Waals surface area (Å²) in [5.41, 5.74) is 4.17. The molecular weight excluding hydrogens is 258 g/mol. The highest BCUT2D eigenvalue weighted by molar-refractivity contribution is 6.31. The first-order valence-electron chi connectivity index (χ1n) is 6.39. The van der Waals surface area contributed by atoms with Gasteiger partial charge in [0.1, 0.15) is 0 Å². The molecule has 3 heteroatoms. The molecule has 0 amide bonds. The molecule has 0 aliphatic carbocycles. The number of benzene rings is 2. The summed E-state index contributed by atoms with van der Waals surface area (Å²) in [5.74, 6) is 0. The number of rotatable bonds is 4. The van der Waals surface area contributed by atoms with Crippen molar-refractivity contribution >= 4 is 23.0 Å². The second-order valence-electron chi connectivity index (χ2n) is 4.51. The van der Waals surface area contributed by atoms with E-state index in [-0.39, 0.29) is 6.61 Å². The molecule has 100 valence electrons. The van der Waals surface area contributed by atoms with E-state index in [1.165, 1.54) is 5.56 Å². The smallest absolute Gasteiger partial charge is 0.0696 e. The largest absolute Gasteiger partial charge is 0.392 e. The van der Waals surface area contributed by atoms with Crippen molar-refractivity contribution in [1.29, 1.82) is 0 Å². The second-order valence-corrected chi connectivity index (χ2v) is 4.92. The molecule has 0 aliphatic heterocycles. The van der Waals surface area contributed by atoms with E-state index in [0.29, 0.717) is 5.02 Å². The predicted octanol–water partition coefficient (Wildman–Crippen LogP) is 4.30. The molecule has 2 rings (SSSR count). The summed E-state index contributed by atoms with van der Waals surface area (Å²) < 4.78 is 0. The van der Waals surface area contributed by atoms with E-state index in [9.17, 15) is 0 Å². The van der Waals surface area contributed by atoms with Gasteiger partial charge in [0.25, 0.3) is 0 Å². The lowest BCUT2D eigenvalue weighted by Gasteiger charge is -2.24. The van der Waals surface area contributed by atoms with Gasteiger partial charge in [0.15, 0.2) is 0 Å². The Morgan fingerprint density at radius 1 is 1.05 bits per heavy atom. The third-order valence-electron chi connectivity index (χ3n) is 3.18. The van der Waals surface area contributed by atoms with Gasteiger partial charge in [-0.25, -0.2) is 0 Å². The van der Waals surface area contributed by atoms with Gasteiger partial charge in [-0.3, -0.25) is 0 Å². The number of aryl methyl sites for hydroxylation is 1. The van der Waals surface area contributed by atoms with Crippen molar-refractivity contribution < 1.29 is 5.11 Å². The van der Waals surface area contributed by atoms with Gasteiger partial charge in [-0.1, -0.05) is 35.4 Å². The Balaban J connectivity index is 2.36. The van der Waals surface area contributed by atoms with E-state index in [1.807, 2.05) is 18.2 Å². The fraction of sp³-hybridized carbons (Fsp3) is 0.250. The number of hydrogen-bond acceptors (Lipinski definition) is 2. The fourth-order valence-corrected chi connectivity index (χ4v) is 2.31. The molecule has 0 spiro atoms. The van der Waals surface area contributed by atoms with Crippen molar-refractivity contribution in [1.82, 2.24) is 0 Å². The zero-order chi connectivity index (χ0) is 13.8. The lowest BCUT2D eigenvalue weighted by Crippen LogP contribution is -2.16. The van der Waals surface area contributed by atoms with Crippen LogP contribution >= 0.6 is 11.6 Å². The van der Waals surface area contributed by atoms with Gasteiger partial charge < -0.3 is 10.0 Å². The van der Waals surface area contributed by atoms with Crippen LogP contribution in [0.3, 0.4) is 0 Å². The van der Waals surface area contributed by atoms with Gasteiger partial charge in [-0.15, -0.1) is 0 Å². The molecule has 0 atom stereocenters. The number of aliphatic hydroxyl groups excluding tert-OH is 1. The van der Waals surface area contributed by atoms with Crippen molar-refractivity contribution in [2.45, 2.75) is 20.5 Å². The molecule has 0 saturated carbocycles. The van der Waals surface area contributed by atoms with Crippen LogP contribution in [-0.4, -0.2) is 11.7 Å². The van der Waals surface area contributed by atoms with Crippen molar-refractivity contribution in [2.24, 2.45) is 0 Å². The molecule has 0 saturated heterocycles. The first-order valence-corrected chi connectivity index (χ1v) is 6.77. The molecule has 0 aromatic heterocycles. The van der Waals surface area contributed by atoms with E-state index in [1.54, 1.807) is 0 Å². The van der Waals surface area contributed by atoms with Crippen LogP contribution in [0, 0.1) is 6.92 Å². The minimum Gasteiger partial charge on any atom is -0.392 e. The topological polar surface area (TPSA) is 23.5 Å². The van der Waals surface area contributed by atoms with E-state index >= 15 is 0 Å². The van der Waals surface area contributed by atoms with Crippen LogP contribution in [0.25, 0.3) is 0 Å². The quantitative estimate of drug-likeness (QED) is 0.899. The third-order valence-corrected chi connectivity index (χ3v) is 3.53. The maximum atomic E-state index is 9.15. The minimum atomic E-state index is -0.0320. The van der Waals surface area contributed by atoms with Gasteiger partial charge in [-0.2, -0.15) is 0 Å². The molecule has 0 bridgehead atoms. The Morgan fingerprint density at radius 3 is 2.21 bits per heavy atom. The van der Waals surface area contributed by atoms with E-state index in [2.05, 4.69) is 43.0 Å². The van der Waals surface area contributed by atoms with Gasteiger partial charge in [0.05, 0.1) is 6.61 Å². The molecule has 1 N–H and O–H groups in total. The Kier molecular flexibility index (Phi) is 4.46. The summed E-state index contributed by atoms with van der Waals surface area (Å²) in [6, 6.07) is 14.2. The van der Waals surface area contributed by atoms with Crippen LogP contribution in [0.4, 0.5) is 11.4 Å². The molecule has 0 unspecified atom stereocenters. The molecule has 19 heavy (non-hydrogen) atoms. The molecule has 2 aromatic carbocycles. The number of aliphatic hydroxyl groups is 1. The number of halogens is 1. The van der Waals surface area contributed by atoms with E-state index in [4.69, 9.17) is 16.7 Å². The maximum Gasteiger partial charge on any atom is 0.0696 e. The summed E-state index contributed by atoms with van der Waals surface area (Å²) in [7, 11) is 0. The highest BCUT2D eigenvalue weighted by Gasteiger charge is 2.09. The van der Waals surface area contributed by atoms with Crippen molar-refractivity contribution in [3.63, 3.8) is 0 Å².